The minimum atomic E-state index is 0.600. The fraction of sp³-hybridized carbons (Fsp3) is 0.625. The van der Waals surface area contributed by atoms with Gasteiger partial charge in [0.2, 0.25) is 0 Å². The lowest BCUT2D eigenvalue weighted by Crippen LogP contribution is -2.13. The van der Waals surface area contributed by atoms with E-state index in [-0.39, 0.29) is 0 Å². The first-order valence-corrected chi connectivity index (χ1v) is 4.12. The van der Waals surface area contributed by atoms with Gasteiger partial charge in [-0.05, 0) is 32.1 Å². The van der Waals surface area contributed by atoms with E-state index < -0.39 is 0 Å². The van der Waals surface area contributed by atoms with E-state index in [0.29, 0.717) is 6.04 Å². The van der Waals surface area contributed by atoms with Gasteiger partial charge in [0, 0.05) is 0 Å². The predicted molar refractivity (Wildman–Crippen MR) is 41.8 cm³/mol. The van der Waals surface area contributed by atoms with Crippen LogP contribution in [0.2, 0.25) is 0 Å². The lowest BCUT2D eigenvalue weighted by atomic mass is 9.96. The first-order valence-electron chi connectivity index (χ1n) is 4.12. The Balaban J connectivity index is 2.04. The van der Waals surface area contributed by atoms with Crippen molar-refractivity contribution in [2.24, 2.45) is 0 Å². The van der Waals surface area contributed by atoms with E-state index in [1.54, 1.807) is 6.33 Å². The molecule has 1 radical (unpaired) electrons. The van der Waals surface area contributed by atoms with E-state index in [4.69, 9.17) is 0 Å². The van der Waals surface area contributed by atoms with Crippen molar-refractivity contribution in [1.29, 1.82) is 0 Å². The Hall–Kier alpha value is -0.860. The Morgan fingerprint density at radius 2 is 2.09 bits per heavy atom. The molecule has 0 spiro atoms. The molecule has 0 atom stereocenters. The van der Waals surface area contributed by atoms with Gasteiger partial charge in [-0.3, -0.25) is 0 Å². The van der Waals surface area contributed by atoms with Gasteiger partial charge in [-0.25, -0.2) is 9.67 Å². The van der Waals surface area contributed by atoms with E-state index in [2.05, 4.69) is 16.5 Å². The van der Waals surface area contributed by atoms with E-state index in [0.717, 1.165) is 0 Å². The molecule has 0 N–H and O–H groups in total. The van der Waals surface area contributed by atoms with Crippen LogP contribution in [0.15, 0.2) is 12.7 Å². The Labute approximate surface area is 66.4 Å². The van der Waals surface area contributed by atoms with Crippen molar-refractivity contribution in [3.63, 3.8) is 0 Å². The molecule has 11 heavy (non-hydrogen) atoms. The van der Waals surface area contributed by atoms with E-state index in [1.807, 2.05) is 11.0 Å². The van der Waals surface area contributed by atoms with Crippen LogP contribution in [0.1, 0.15) is 31.7 Å². The average molecular weight is 150 g/mol. The highest BCUT2D eigenvalue weighted by atomic mass is 15.3. The fourth-order valence-electron chi connectivity index (χ4n) is 1.58. The summed E-state index contributed by atoms with van der Waals surface area (Å²) in [4.78, 5) is 3.94. The van der Waals surface area contributed by atoms with Crippen molar-refractivity contribution in [3.8, 4) is 0 Å². The van der Waals surface area contributed by atoms with Crippen molar-refractivity contribution in [2.75, 3.05) is 0 Å². The van der Waals surface area contributed by atoms with Crippen LogP contribution in [0.25, 0.3) is 0 Å². The van der Waals surface area contributed by atoms with Gasteiger partial charge in [0.15, 0.2) is 0 Å². The Bertz CT molecular complexity index is 199. The summed E-state index contributed by atoms with van der Waals surface area (Å²) >= 11 is 0. The van der Waals surface area contributed by atoms with E-state index in [1.165, 1.54) is 25.7 Å². The van der Waals surface area contributed by atoms with Crippen molar-refractivity contribution < 1.29 is 0 Å². The molecule has 1 saturated carbocycles. The Morgan fingerprint density at radius 3 is 2.73 bits per heavy atom. The van der Waals surface area contributed by atoms with Crippen LogP contribution in [-0.4, -0.2) is 14.8 Å². The number of rotatable bonds is 1. The molecule has 0 aliphatic heterocycles. The Kier molecular flexibility index (Phi) is 1.88. The number of nitrogens with zero attached hydrogens (tertiary/aromatic N) is 3. The minimum Gasteiger partial charge on any atom is -0.250 e. The van der Waals surface area contributed by atoms with Crippen molar-refractivity contribution in [2.45, 2.75) is 31.7 Å². The molecule has 3 nitrogen and oxygen atoms in total. The van der Waals surface area contributed by atoms with Crippen molar-refractivity contribution >= 4 is 0 Å². The van der Waals surface area contributed by atoms with Crippen LogP contribution in [-0.2, 0) is 0 Å². The maximum atomic E-state index is 4.13. The van der Waals surface area contributed by atoms with Crippen molar-refractivity contribution in [1.82, 2.24) is 14.8 Å². The maximum Gasteiger partial charge on any atom is 0.137 e. The minimum absolute atomic E-state index is 0.600. The third-order valence-corrected chi connectivity index (χ3v) is 2.22. The summed E-state index contributed by atoms with van der Waals surface area (Å²) in [6, 6.07) is 0.600. The molecule has 59 valence electrons. The van der Waals surface area contributed by atoms with Crippen molar-refractivity contribution in [3.05, 3.63) is 19.1 Å². The summed E-state index contributed by atoms with van der Waals surface area (Å²) in [6.07, 6.45) is 10.7. The van der Waals surface area contributed by atoms with Crippen LogP contribution in [0.3, 0.4) is 0 Å². The maximum absolute atomic E-state index is 4.13. The van der Waals surface area contributed by atoms with Gasteiger partial charge >= 0.3 is 0 Å². The second-order valence-corrected chi connectivity index (χ2v) is 2.97. The molecule has 1 aliphatic rings. The summed E-state index contributed by atoms with van der Waals surface area (Å²) in [5.74, 6) is 0. The van der Waals surface area contributed by atoms with Gasteiger partial charge in [0.05, 0.1) is 6.04 Å². The molecule has 0 amide bonds. The molecule has 0 saturated heterocycles. The number of hydrogen-bond donors (Lipinski definition) is 0. The monoisotopic (exact) mass is 150 g/mol. The third kappa shape index (κ3) is 1.42. The topological polar surface area (TPSA) is 30.7 Å². The van der Waals surface area contributed by atoms with Gasteiger partial charge < -0.3 is 0 Å². The van der Waals surface area contributed by atoms with Gasteiger partial charge in [0.25, 0.3) is 0 Å². The third-order valence-electron chi connectivity index (χ3n) is 2.22. The molecule has 1 aliphatic carbocycles. The summed E-state index contributed by atoms with van der Waals surface area (Å²) < 4.78 is 1.98. The van der Waals surface area contributed by atoms with Crippen LogP contribution in [0.4, 0.5) is 0 Å². The molecular weight excluding hydrogens is 138 g/mol. The van der Waals surface area contributed by atoms with Gasteiger partial charge in [-0.15, -0.1) is 0 Å². The zero-order chi connectivity index (χ0) is 7.52. The Morgan fingerprint density at radius 1 is 1.27 bits per heavy atom. The van der Waals surface area contributed by atoms with E-state index in [9.17, 15) is 0 Å². The first kappa shape index (κ1) is 6.83. The van der Waals surface area contributed by atoms with Crippen LogP contribution >= 0.6 is 0 Å². The summed E-state index contributed by atoms with van der Waals surface area (Å²) in [5, 5.41) is 4.13. The fourth-order valence-corrected chi connectivity index (χ4v) is 1.58. The molecule has 3 heteroatoms. The standard InChI is InChI=1S/C8H12N3/c1-2-4-8(5-3-1)11-7-9-6-10-11/h1,6-8H,2-5H2. The molecule has 1 fully saturated rings. The highest BCUT2D eigenvalue weighted by Crippen LogP contribution is 2.25. The average Bonchev–Trinajstić information content (AvgIpc) is 2.58. The molecular formula is C8H12N3. The normalized spacial score (nSPS) is 20.4. The second-order valence-electron chi connectivity index (χ2n) is 2.97. The summed E-state index contributed by atoms with van der Waals surface area (Å²) in [5.41, 5.74) is 0. The lowest BCUT2D eigenvalue weighted by molar-refractivity contribution is 0.364. The molecule has 2 rings (SSSR count). The van der Waals surface area contributed by atoms with Gasteiger partial charge in [-0.1, -0.05) is 0 Å². The zero-order valence-corrected chi connectivity index (χ0v) is 6.48. The van der Waals surface area contributed by atoms with Crippen LogP contribution < -0.4 is 0 Å². The highest BCUT2D eigenvalue weighted by molar-refractivity contribution is 4.80. The van der Waals surface area contributed by atoms with Gasteiger partial charge in [0.1, 0.15) is 12.7 Å². The lowest BCUT2D eigenvalue weighted by Gasteiger charge is -2.20. The smallest absolute Gasteiger partial charge is 0.137 e. The molecule has 0 unspecified atom stereocenters. The number of aromatic nitrogens is 3. The summed E-state index contributed by atoms with van der Waals surface area (Å²) in [6.45, 7) is 0. The number of hydrogen-bond acceptors (Lipinski definition) is 2. The molecule has 1 aromatic rings. The predicted octanol–water partition coefficient (Wildman–Crippen LogP) is 1.60. The van der Waals surface area contributed by atoms with E-state index >= 15 is 0 Å². The molecule has 1 aromatic heterocycles. The molecule has 0 aromatic carbocycles. The highest BCUT2D eigenvalue weighted by Gasteiger charge is 2.14. The largest absolute Gasteiger partial charge is 0.250 e. The SMILES string of the molecule is [CH]1CCC(n2cncn2)CC1. The summed E-state index contributed by atoms with van der Waals surface area (Å²) in [7, 11) is 0. The van der Waals surface area contributed by atoms with Gasteiger partial charge in [-0.2, -0.15) is 5.10 Å². The first-order chi connectivity index (χ1) is 5.47. The molecule has 0 bridgehead atoms. The molecule has 1 heterocycles. The van der Waals surface area contributed by atoms with Crippen LogP contribution in [0, 0.1) is 6.42 Å². The zero-order valence-electron chi connectivity index (χ0n) is 6.48. The second kappa shape index (κ2) is 3.03. The van der Waals surface area contributed by atoms with Crippen LogP contribution in [0.5, 0.6) is 0 Å². The quantitative estimate of drug-likeness (QED) is 0.608.